The summed E-state index contributed by atoms with van der Waals surface area (Å²) < 4.78 is 31.1. The molecule has 0 radical (unpaired) electrons. The molecule has 7 heteroatoms. The standard InChI is InChI=1S/C12H13N3O3S/c1-3-19(16,17)15-12(13)14-10-4-5-11-9(7-10)6-8(2)18-11/h3-7H,1H2,2H3,(H3,13,14,15). The molecule has 1 heterocycles. The molecule has 3 N–H and O–H groups in total. The number of rotatable bonds is 3. The first kappa shape index (κ1) is 13.2. The van der Waals surface area contributed by atoms with Gasteiger partial charge in [-0.3, -0.25) is 0 Å². The van der Waals surface area contributed by atoms with Crippen LogP contribution < -0.4 is 11.1 Å². The molecule has 2 aromatic rings. The van der Waals surface area contributed by atoms with E-state index in [4.69, 9.17) is 10.2 Å². The van der Waals surface area contributed by atoms with Crippen molar-refractivity contribution in [1.29, 1.82) is 0 Å². The van der Waals surface area contributed by atoms with Crippen LogP contribution in [0.15, 0.2) is 45.1 Å². The van der Waals surface area contributed by atoms with E-state index in [0.29, 0.717) is 5.69 Å². The number of guanidine groups is 1. The minimum atomic E-state index is -3.73. The van der Waals surface area contributed by atoms with Crippen LogP contribution in [0.4, 0.5) is 5.69 Å². The predicted molar refractivity (Wildman–Crippen MR) is 75.3 cm³/mol. The molecule has 100 valence electrons. The van der Waals surface area contributed by atoms with Crippen LogP contribution in [0.3, 0.4) is 0 Å². The fourth-order valence-corrected chi connectivity index (χ4v) is 1.99. The Morgan fingerprint density at radius 2 is 2.21 bits per heavy atom. The Balaban J connectivity index is 2.28. The molecule has 0 spiro atoms. The Morgan fingerprint density at radius 3 is 2.89 bits per heavy atom. The molecule has 6 nitrogen and oxygen atoms in total. The number of hydrogen-bond acceptors (Lipinski definition) is 3. The smallest absolute Gasteiger partial charge is 0.278 e. The Morgan fingerprint density at radius 1 is 1.47 bits per heavy atom. The van der Waals surface area contributed by atoms with Gasteiger partial charge < -0.3 is 15.5 Å². The second-order valence-corrected chi connectivity index (χ2v) is 5.44. The molecule has 0 bridgehead atoms. The first-order chi connectivity index (χ1) is 8.89. The fraction of sp³-hybridized carbons (Fsp3) is 0.0833. The fourth-order valence-electron chi connectivity index (χ4n) is 1.60. The van der Waals surface area contributed by atoms with E-state index >= 15 is 0 Å². The van der Waals surface area contributed by atoms with E-state index in [9.17, 15) is 8.42 Å². The molecule has 0 saturated carbocycles. The molecule has 0 saturated heterocycles. The SMILES string of the molecule is C=CS(=O)(=O)N=C(N)Nc1ccc2oc(C)cc2c1. The maximum absolute atomic E-state index is 11.2. The summed E-state index contributed by atoms with van der Waals surface area (Å²) in [5.41, 5.74) is 6.87. The topological polar surface area (TPSA) is 97.7 Å². The maximum Gasteiger partial charge on any atom is 0.278 e. The number of furan rings is 1. The van der Waals surface area contributed by atoms with Crippen LogP contribution >= 0.6 is 0 Å². The van der Waals surface area contributed by atoms with E-state index in [1.54, 1.807) is 18.2 Å². The summed E-state index contributed by atoms with van der Waals surface area (Å²) in [6.07, 6.45) is 0. The molecule has 1 aromatic carbocycles. The van der Waals surface area contributed by atoms with E-state index < -0.39 is 10.0 Å². The highest BCUT2D eigenvalue weighted by Crippen LogP contribution is 2.22. The molecule has 0 unspecified atom stereocenters. The van der Waals surface area contributed by atoms with Crippen molar-refractivity contribution >= 4 is 32.6 Å². The Labute approximate surface area is 110 Å². The number of hydrogen-bond donors (Lipinski definition) is 2. The summed E-state index contributed by atoms with van der Waals surface area (Å²) in [7, 11) is -3.73. The van der Waals surface area contributed by atoms with Crippen LogP contribution in [0.5, 0.6) is 0 Å². The van der Waals surface area contributed by atoms with E-state index in [0.717, 1.165) is 22.1 Å². The van der Waals surface area contributed by atoms with E-state index in [1.807, 2.05) is 13.0 Å². The zero-order chi connectivity index (χ0) is 14.0. The van der Waals surface area contributed by atoms with Crippen molar-refractivity contribution in [3.8, 4) is 0 Å². The van der Waals surface area contributed by atoms with Crippen molar-refractivity contribution in [1.82, 2.24) is 0 Å². The second kappa shape index (κ2) is 4.77. The quantitative estimate of drug-likeness (QED) is 0.661. The highest BCUT2D eigenvalue weighted by Gasteiger charge is 2.05. The number of nitrogens with zero attached hydrogens (tertiary/aromatic N) is 1. The lowest BCUT2D eigenvalue weighted by Crippen LogP contribution is -2.23. The van der Waals surface area contributed by atoms with E-state index in [1.165, 1.54) is 0 Å². The number of anilines is 1. The molecule has 1 aromatic heterocycles. The normalized spacial score (nSPS) is 12.6. The summed E-state index contributed by atoms with van der Waals surface area (Å²) >= 11 is 0. The van der Waals surface area contributed by atoms with Gasteiger partial charge in [0.25, 0.3) is 10.0 Å². The Hall–Kier alpha value is -2.28. The number of nitrogens with two attached hydrogens (primary N) is 1. The van der Waals surface area contributed by atoms with Crippen LogP contribution in [0.25, 0.3) is 11.0 Å². The van der Waals surface area contributed by atoms with Gasteiger partial charge in [0.15, 0.2) is 0 Å². The van der Waals surface area contributed by atoms with Crippen molar-refractivity contribution in [2.75, 3.05) is 5.32 Å². The molecular formula is C12H13N3O3S. The minimum Gasteiger partial charge on any atom is -0.461 e. The highest BCUT2D eigenvalue weighted by atomic mass is 32.2. The average Bonchev–Trinajstić information content (AvgIpc) is 2.67. The number of sulfonamides is 1. The molecule has 0 aliphatic rings. The van der Waals surface area contributed by atoms with E-state index in [-0.39, 0.29) is 5.96 Å². The van der Waals surface area contributed by atoms with Gasteiger partial charge in [-0.15, -0.1) is 4.40 Å². The van der Waals surface area contributed by atoms with Crippen LogP contribution in [-0.2, 0) is 10.0 Å². The van der Waals surface area contributed by atoms with Crippen LogP contribution in [0.2, 0.25) is 0 Å². The molecule has 0 fully saturated rings. The van der Waals surface area contributed by atoms with E-state index in [2.05, 4.69) is 16.3 Å². The third-order valence-electron chi connectivity index (χ3n) is 2.35. The van der Waals surface area contributed by atoms with Crippen LogP contribution in [0.1, 0.15) is 5.76 Å². The van der Waals surface area contributed by atoms with Gasteiger partial charge in [-0.2, -0.15) is 8.42 Å². The molecule has 19 heavy (non-hydrogen) atoms. The van der Waals surface area contributed by atoms with Gasteiger partial charge in [-0.05, 0) is 31.2 Å². The lowest BCUT2D eigenvalue weighted by molar-refractivity contribution is 0.578. The van der Waals surface area contributed by atoms with Gasteiger partial charge in [0, 0.05) is 16.5 Å². The Kier molecular flexibility index (Phi) is 3.30. The van der Waals surface area contributed by atoms with Crippen molar-refractivity contribution in [2.45, 2.75) is 6.92 Å². The van der Waals surface area contributed by atoms with Crippen LogP contribution in [0, 0.1) is 6.92 Å². The van der Waals surface area contributed by atoms with Crippen molar-refractivity contribution in [2.24, 2.45) is 10.1 Å². The molecule has 0 amide bonds. The monoisotopic (exact) mass is 279 g/mol. The molecule has 0 atom stereocenters. The zero-order valence-electron chi connectivity index (χ0n) is 10.3. The summed E-state index contributed by atoms with van der Waals surface area (Å²) in [5, 5.41) is 4.31. The second-order valence-electron chi connectivity index (χ2n) is 3.89. The molecular weight excluding hydrogens is 266 g/mol. The average molecular weight is 279 g/mol. The van der Waals surface area contributed by atoms with Gasteiger partial charge in [0.2, 0.25) is 5.96 Å². The summed E-state index contributed by atoms with van der Waals surface area (Å²) in [6.45, 7) is 4.99. The third-order valence-corrected chi connectivity index (χ3v) is 3.22. The lowest BCUT2D eigenvalue weighted by atomic mass is 10.2. The lowest BCUT2D eigenvalue weighted by Gasteiger charge is -2.04. The summed E-state index contributed by atoms with van der Waals surface area (Å²) in [4.78, 5) is 0. The molecule has 2 rings (SSSR count). The van der Waals surface area contributed by atoms with Gasteiger partial charge in [0.1, 0.15) is 11.3 Å². The third kappa shape index (κ3) is 3.14. The molecule has 0 aliphatic heterocycles. The maximum atomic E-state index is 11.2. The van der Waals surface area contributed by atoms with Crippen molar-refractivity contribution in [3.05, 3.63) is 42.0 Å². The molecule has 0 aliphatic carbocycles. The number of benzene rings is 1. The largest absolute Gasteiger partial charge is 0.461 e. The van der Waals surface area contributed by atoms with Crippen molar-refractivity contribution < 1.29 is 12.8 Å². The van der Waals surface area contributed by atoms with Gasteiger partial charge in [-0.25, -0.2) is 0 Å². The minimum absolute atomic E-state index is 0.223. The summed E-state index contributed by atoms with van der Waals surface area (Å²) in [6, 6.07) is 7.14. The van der Waals surface area contributed by atoms with Gasteiger partial charge in [0.05, 0.1) is 0 Å². The number of nitrogens with one attached hydrogen (secondary N) is 1. The Bertz CT molecular complexity index is 760. The van der Waals surface area contributed by atoms with Crippen molar-refractivity contribution in [3.63, 3.8) is 0 Å². The van der Waals surface area contributed by atoms with Crippen LogP contribution in [-0.4, -0.2) is 14.4 Å². The zero-order valence-corrected chi connectivity index (χ0v) is 11.1. The highest BCUT2D eigenvalue weighted by molar-refractivity contribution is 7.93. The number of fused-ring (bicyclic) bond motifs is 1. The van der Waals surface area contributed by atoms with Gasteiger partial charge in [-0.1, -0.05) is 6.58 Å². The first-order valence-corrected chi connectivity index (χ1v) is 6.90. The number of aryl methyl sites for hydroxylation is 1. The summed E-state index contributed by atoms with van der Waals surface area (Å²) in [5.74, 6) is 0.572. The predicted octanol–water partition coefficient (Wildman–Crippen LogP) is 1.94. The van der Waals surface area contributed by atoms with Gasteiger partial charge >= 0.3 is 0 Å². The first-order valence-electron chi connectivity index (χ1n) is 5.40.